The first kappa shape index (κ1) is 48.0. The van der Waals surface area contributed by atoms with Crippen LogP contribution < -0.4 is 0 Å². The first-order chi connectivity index (χ1) is 37.2. The quantitative estimate of drug-likeness (QED) is 0.165. The van der Waals surface area contributed by atoms with Gasteiger partial charge in [0.2, 0.25) is 0 Å². The molecule has 4 heterocycles. The standard InChI is InChI=1S/C60H28F12N6/c61-57(62,63)31-17-21-49-39(25-31)40-26-32(58(64,65)66)18-22-50(40)75(49)53-43(29-73)54(76-45-13-5-1-9-35(45)36-10-2-6-14-46(36)76)56(55(44(53)30-74)77-47-15-7-3-11-37(47)38-12-4-8-16-48(38)77)78-51-23-19-33(59(67,68)69)27-41(51)42-28-34(60(70,71)72)20-24-52(42)78/h1-28H. The monoisotopic (exact) mass is 1060 g/mol. The van der Waals surface area contributed by atoms with Crippen LogP contribution in [0.1, 0.15) is 33.4 Å². The van der Waals surface area contributed by atoms with Crippen molar-refractivity contribution in [1.82, 2.24) is 18.3 Å². The van der Waals surface area contributed by atoms with Gasteiger partial charge in [0.1, 0.15) is 23.3 Å². The molecule has 0 aliphatic heterocycles. The van der Waals surface area contributed by atoms with E-state index < -0.39 is 58.1 Å². The minimum Gasteiger partial charge on any atom is -0.306 e. The summed E-state index contributed by atoms with van der Waals surface area (Å²) in [5, 5.41) is 25.4. The van der Waals surface area contributed by atoms with Crippen LogP contribution in [0.4, 0.5) is 52.7 Å². The van der Waals surface area contributed by atoms with Crippen molar-refractivity contribution in [2.75, 3.05) is 0 Å². The Hall–Kier alpha value is -9.68. The van der Waals surface area contributed by atoms with Crippen LogP contribution in [0, 0.1) is 22.7 Å². The van der Waals surface area contributed by atoms with E-state index in [0.29, 0.717) is 55.7 Å². The van der Waals surface area contributed by atoms with Crippen molar-refractivity contribution in [3.63, 3.8) is 0 Å². The van der Waals surface area contributed by atoms with Crippen LogP contribution in [-0.4, -0.2) is 18.3 Å². The summed E-state index contributed by atoms with van der Waals surface area (Å²) < 4.78 is 183. The van der Waals surface area contributed by atoms with Gasteiger partial charge < -0.3 is 18.3 Å². The Morgan fingerprint density at radius 2 is 0.474 bits per heavy atom. The lowest BCUT2D eigenvalue weighted by atomic mass is 9.98. The smallest absolute Gasteiger partial charge is 0.306 e. The highest BCUT2D eigenvalue weighted by Gasteiger charge is 2.39. The van der Waals surface area contributed by atoms with Gasteiger partial charge in [0.15, 0.2) is 0 Å². The first-order valence-electron chi connectivity index (χ1n) is 23.7. The predicted molar refractivity (Wildman–Crippen MR) is 273 cm³/mol. The predicted octanol–water partition coefficient (Wildman–Crippen LogP) is 17.9. The normalized spacial score (nSPS) is 12.8. The Bertz CT molecular complexity index is 4430. The van der Waals surface area contributed by atoms with E-state index in [1.54, 1.807) is 106 Å². The molecule has 0 unspecified atom stereocenters. The third-order valence-electron chi connectivity index (χ3n) is 14.5. The van der Waals surface area contributed by atoms with Crippen LogP contribution >= 0.6 is 0 Å². The maximum Gasteiger partial charge on any atom is 0.416 e. The second kappa shape index (κ2) is 16.4. The summed E-state index contributed by atoms with van der Waals surface area (Å²) in [4.78, 5) is 0. The van der Waals surface area contributed by atoms with Crippen LogP contribution in [0.5, 0.6) is 0 Å². The highest BCUT2D eigenvalue weighted by Crippen LogP contribution is 2.51. The number of hydrogen-bond donors (Lipinski definition) is 0. The van der Waals surface area contributed by atoms with Gasteiger partial charge in [0, 0.05) is 43.1 Å². The lowest BCUT2D eigenvalue weighted by molar-refractivity contribution is -0.138. The molecule has 78 heavy (non-hydrogen) atoms. The lowest BCUT2D eigenvalue weighted by Gasteiger charge is -2.27. The Labute approximate surface area is 430 Å². The van der Waals surface area contributed by atoms with Gasteiger partial charge >= 0.3 is 24.7 Å². The van der Waals surface area contributed by atoms with Gasteiger partial charge in [0.05, 0.1) is 89.1 Å². The van der Waals surface area contributed by atoms with E-state index in [4.69, 9.17) is 0 Å². The number of aromatic nitrogens is 4. The van der Waals surface area contributed by atoms with Gasteiger partial charge in [0.25, 0.3) is 0 Å². The molecule has 0 radical (unpaired) electrons. The molecule has 0 amide bonds. The van der Waals surface area contributed by atoms with Gasteiger partial charge in [-0.3, -0.25) is 0 Å². The zero-order chi connectivity index (χ0) is 54.5. The maximum absolute atomic E-state index is 14.8. The van der Waals surface area contributed by atoms with Crippen LogP contribution in [0.2, 0.25) is 0 Å². The molecule has 18 heteroatoms. The van der Waals surface area contributed by atoms with E-state index in [-0.39, 0.29) is 66.4 Å². The van der Waals surface area contributed by atoms with Gasteiger partial charge in [-0.1, -0.05) is 72.8 Å². The molecule has 0 saturated heterocycles. The van der Waals surface area contributed by atoms with Crippen molar-refractivity contribution in [3.8, 4) is 34.9 Å². The number of nitrogens with zero attached hydrogens (tertiary/aromatic N) is 6. The van der Waals surface area contributed by atoms with Crippen molar-refractivity contribution in [1.29, 1.82) is 10.5 Å². The Morgan fingerprint density at radius 3 is 0.718 bits per heavy atom. The van der Waals surface area contributed by atoms with Gasteiger partial charge in [-0.25, -0.2) is 0 Å². The van der Waals surface area contributed by atoms with Crippen LogP contribution in [-0.2, 0) is 24.7 Å². The molecule has 9 aromatic carbocycles. The highest BCUT2D eigenvalue weighted by atomic mass is 19.4. The average molecular weight is 1060 g/mol. The van der Waals surface area contributed by atoms with E-state index in [9.17, 15) is 63.2 Å². The zero-order valence-electron chi connectivity index (χ0n) is 39.4. The van der Waals surface area contributed by atoms with E-state index in [2.05, 4.69) is 12.1 Å². The van der Waals surface area contributed by atoms with E-state index in [1.807, 2.05) is 0 Å². The Kier molecular flexibility index (Phi) is 10.1. The number of halogens is 12. The summed E-state index contributed by atoms with van der Waals surface area (Å²) in [7, 11) is 0. The fourth-order valence-electron chi connectivity index (χ4n) is 11.3. The van der Waals surface area contributed by atoms with Crippen LogP contribution in [0.15, 0.2) is 170 Å². The topological polar surface area (TPSA) is 67.3 Å². The third-order valence-corrected chi connectivity index (χ3v) is 14.5. The molecule has 4 aromatic heterocycles. The molecule has 0 bridgehead atoms. The SMILES string of the molecule is N#Cc1c(-n2c3ccc(C(F)(F)F)cc3c3cc(C(F)(F)F)ccc32)c(C#N)c(-n2c3ccccc3c3ccccc32)c(-n2c3ccc(C(F)(F)F)cc3c3cc(C(F)(F)F)ccc32)c1-n1c2ccccc2c2ccccc21. The summed E-state index contributed by atoms with van der Waals surface area (Å²) in [5.74, 6) is 0. The molecule has 0 aliphatic carbocycles. The number of fused-ring (bicyclic) bond motifs is 12. The van der Waals surface area contributed by atoms with E-state index in [1.165, 1.54) is 9.13 Å². The molecule has 13 rings (SSSR count). The zero-order valence-corrected chi connectivity index (χ0v) is 39.4. The average Bonchev–Trinajstić information content (AvgIpc) is 4.21. The minimum atomic E-state index is -4.99. The van der Waals surface area contributed by atoms with Crippen molar-refractivity contribution >= 4 is 87.2 Å². The number of hydrogen-bond acceptors (Lipinski definition) is 2. The number of alkyl halides is 12. The van der Waals surface area contributed by atoms with Crippen LogP contribution in [0.3, 0.4) is 0 Å². The van der Waals surface area contributed by atoms with Crippen molar-refractivity contribution < 1.29 is 52.7 Å². The van der Waals surface area contributed by atoms with Gasteiger partial charge in [-0.05, 0) is 97.1 Å². The highest BCUT2D eigenvalue weighted by molar-refractivity contribution is 6.16. The summed E-state index contributed by atoms with van der Waals surface area (Å²) >= 11 is 0. The van der Waals surface area contributed by atoms with Crippen molar-refractivity contribution in [2.45, 2.75) is 24.7 Å². The molecule has 0 saturated carbocycles. The second-order valence-electron chi connectivity index (χ2n) is 18.7. The molecule has 0 aliphatic rings. The molecule has 0 atom stereocenters. The van der Waals surface area contributed by atoms with Gasteiger partial charge in [-0.2, -0.15) is 63.2 Å². The molecular weight excluding hydrogens is 1030 g/mol. The lowest BCUT2D eigenvalue weighted by Crippen LogP contribution is -2.17. The summed E-state index contributed by atoms with van der Waals surface area (Å²) in [5.41, 5.74) is -5.20. The molecule has 13 aromatic rings. The molecular formula is C60H28F12N6. The second-order valence-corrected chi connectivity index (χ2v) is 18.7. The Balaban J connectivity index is 1.36. The van der Waals surface area contributed by atoms with Crippen LogP contribution in [0.25, 0.3) is 110 Å². The molecule has 0 fully saturated rings. The maximum atomic E-state index is 14.8. The van der Waals surface area contributed by atoms with E-state index in [0.717, 1.165) is 60.7 Å². The number of rotatable bonds is 4. The number of para-hydroxylation sites is 4. The fourth-order valence-corrected chi connectivity index (χ4v) is 11.3. The van der Waals surface area contributed by atoms with Gasteiger partial charge in [-0.15, -0.1) is 0 Å². The van der Waals surface area contributed by atoms with Crippen molar-refractivity contribution in [3.05, 3.63) is 203 Å². The molecule has 382 valence electrons. The van der Waals surface area contributed by atoms with E-state index >= 15 is 0 Å². The molecule has 6 nitrogen and oxygen atoms in total. The summed E-state index contributed by atoms with van der Waals surface area (Å²) in [6.45, 7) is 0. The number of nitriles is 2. The Morgan fingerprint density at radius 1 is 0.256 bits per heavy atom. The molecule has 0 spiro atoms. The third kappa shape index (κ3) is 6.91. The van der Waals surface area contributed by atoms with Crippen molar-refractivity contribution in [2.24, 2.45) is 0 Å². The first-order valence-corrected chi connectivity index (χ1v) is 23.7. The number of benzene rings is 9. The molecule has 0 N–H and O–H groups in total. The minimum absolute atomic E-state index is 0.0990. The fraction of sp³-hybridized carbons (Fsp3) is 0.0667. The summed E-state index contributed by atoms with van der Waals surface area (Å²) in [6.07, 6.45) is -19.9. The summed E-state index contributed by atoms with van der Waals surface area (Å²) in [6, 6.07) is 42.4. The largest absolute Gasteiger partial charge is 0.416 e.